The summed E-state index contributed by atoms with van der Waals surface area (Å²) in [5, 5.41) is 4.20. The molecule has 0 amide bonds. The van der Waals surface area contributed by atoms with Crippen LogP contribution in [0.15, 0.2) is 66.8 Å². The second-order valence-corrected chi connectivity index (χ2v) is 13.4. The van der Waals surface area contributed by atoms with Crippen molar-refractivity contribution < 1.29 is 17.5 Å². The fraction of sp³-hybridized carbons (Fsp3) is 0.452. The number of piperidine rings is 1. The molecule has 2 aromatic heterocycles. The lowest BCUT2D eigenvalue weighted by Crippen LogP contribution is -2.44. The zero-order valence-corrected chi connectivity index (χ0v) is 25.4. The Hall–Kier alpha value is -3.35. The van der Waals surface area contributed by atoms with Gasteiger partial charge >= 0.3 is 0 Å². The molecule has 3 rings (SSSR count). The molecule has 1 fully saturated rings. The molecule has 1 N–H and O–H groups in total. The van der Waals surface area contributed by atoms with Gasteiger partial charge in [-0.15, -0.1) is 0 Å². The van der Waals surface area contributed by atoms with Crippen LogP contribution in [0.3, 0.4) is 0 Å². The van der Waals surface area contributed by atoms with Crippen LogP contribution in [0.1, 0.15) is 52.6 Å². The van der Waals surface area contributed by atoms with E-state index in [1.165, 1.54) is 13.4 Å². The molecule has 1 aliphatic rings. The first-order valence-electron chi connectivity index (χ1n) is 13.3. The Morgan fingerprint density at radius 2 is 2.05 bits per heavy atom. The van der Waals surface area contributed by atoms with Crippen LogP contribution in [0, 0.1) is 11.8 Å². The minimum Gasteiger partial charge on any atom is -0.378 e. The number of anilines is 1. The molecule has 2 aromatic rings. The molecule has 3 heterocycles. The molecule has 216 valence electrons. The van der Waals surface area contributed by atoms with Crippen LogP contribution in [-0.4, -0.2) is 66.3 Å². The first-order valence-corrected chi connectivity index (χ1v) is 15.2. The van der Waals surface area contributed by atoms with E-state index in [1.54, 1.807) is 20.0 Å². The van der Waals surface area contributed by atoms with Crippen molar-refractivity contribution in [1.82, 2.24) is 14.5 Å². The van der Waals surface area contributed by atoms with Crippen molar-refractivity contribution in [2.75, 3.05) is 31.8 Å². The Bertz CT molecular complexity index is 1510. The number of fused-ring (bicyclic) bond motifs is 1. The van der Waals surface area contributed by atoms with Gasteiger partial charge in [-0.2, -0.15) is 0 Å². The standard InChI is InChI=1S/C31H41FN4O3S/c1-10-11-25(16-22(4)23(5)35-15-13-29(39-8)27(32)20-35)34-30-17-28-26(18-33-30)24(19-36(28)21(2)3)12-14-31(6,7)40(9,37)38/h10-11,16-19,21,27,29H,4-5,13,15,20H2,1-3,6-9H3,(H,33,34)/b11-10-,25-16+/t27-,29+/m1/s1. The number of likely N-dealkylation sites (tertiary alicyclic amines) is 1. The van der Waals surface area contributed by atoms with E-state index in [2.05, 4.69) is 53.7 Å². The average Bonchev–Trinajstić information content (AvgIpc) is 3.24. The number of rotatable bonds is 9. The van der Waals surface area contributed by atoms with E-state index in [0.717, 1.165) is 22.2 Å². The van der Waals surface area contributed by atoms with Crippen LogP contribution < -0.4 is 5.32 Å². The van der Waals surface area contributed by atoms with Gasteiger partial charge in [-0.05, 0) is 58.8 Å². The number of allylic oxidation sites excluding steroid dienone is 3. The van der Waals surface area contributed by atoms with Crippen molar-refractivity contribution in [2.24, 2.45) is 0 Å². The molecule has 1 aliphatic heterocycles. The van der Waals surface area contributed by atoms with Crippen molar-refractivity contribution in [3.63, 3.8) is 0 Å². The highest BCUT2D eigenvalue weighted by Crippen LogP contribution is 2.28. The summed E-state index contributed by atoms with van der Waals surface area (Å²) >= 11 is 0. The van der Waals surface area contributed by atoms with Gasteiger partial charge in [0.2, 0.25) is 0 Å². The number of nitrogens with zero attached hydrogens (tertiary/aromatic N) is 3. The third kappa shape index (κ3) is 7.04. The van der Waals surface area contributed by atoms with Crippen molar-refractivity contribution in [3.05, 3.63) is 72.4 Å². The summed E-state index contributed by atoms with van der Waals surface area (Å²) in [5.74, 6) is 6.62. The number of pyridine rings is 1. The first-order chi connectivity index (χ1) is 18.7. The van der Waals surface area contributed by atoms with E-state index in [4.69, 9.17) is 4.74 Å². The van der Waals surface area contributed by atoms with E-state index in [1.807, 2.05) is 42.3 Å². The van der Waals surface area contributed by atoms with Gasteiger partial charge in [0, 0.05) is 61.2 Å². The summed E-state index contributed by atoms with van der Waals surface area (Å²) in [4.78, 5) is 6.52. The normalized spacial score (nSPS) is 18.7. The number of alkyl halides is 1. The fourth-order valence-electron chi connectivity index (χ4n) is 4.37. The fourth-order valence-corrected chi connectivity index (χ4v) is 4.61. The van der Waals surface area contributed by atoms with Gasteiger partial charge in [0.25, 0.3) is 0 Å². The van der Waals surface area contributed by atoms with Crippen LogP contribution in [-0.2, 0) is 14.6 Å². The highest BCUT2D eigenvalue weighted by Gasteiger charge is 2.30. The maximum Gasteiger partial charge on any atom is 0.163 e. The molecule has 0 saturated carbocycles. The first kappa shape index (κ1) is 31.2. The number of hydrogen-bond acceptors (Lipinski definition) is 6. The molecule has 0 spiro atoms. The topological polar surface area (TPSA) is 76.5 Å². The number of halogens is 1. The number of sulfone groups is 1. The van der Waals surface area contributed by atoms with E-state index >= 15 is 0 Å². The second kappa shape index (κ2) is 12.4. The van der Waals surface area contributed by atoms with E-state index in [0.29, 0.717) is 30.1 Å². The SMILES string of the molecule is C=C(/C=C(\C=C/C)Nc1cc2c(cn1)c(C#CC(C)(C)S(C)(=O)=O)cn2C(C)C)C(=C)N1CC[C@H](OC)[C@H](F)C1. The molecule has 0 aromatic carbocycles. The third-order valence-electron chi connectivity index (χ3n) is 7.19. The Morgan fingerprint density at radius 3 is 2.62 bits per heavy atom. The third-order valence-corrected chi connectivity index (χ3v) is 9.14. The molecule has 2 atom stereocenters. The molecule has 40 heavy (non-hydrogen) atoms. The molecule has 0 bridgehead atoms. The van der Waals surface area contributed by atoms with Crippen molar-refractivity contribution >= 4 is 26.6 Å². The van der Waals surface area contributed by atoms with Crippen molar-refractivity contribution in [2.45, 2.75) is 64.1 Å². The van der Waals surface area contributed by atoms with Crippen molar-refractivity contribution in [1.29, 1.82) is 0 Å². The van der Waals surface area contributed by atoms with Crippen LogP contribution in [0.4, 0.5) is 10.2 Å². The predicted molar refractivity (Wildman–Crippen MR) is 163 cm³/mol. The molecule has 7 nitrogen and oxygen atoms in total. The van der Waals surface area contributed by atoms with Crippen molar-refractivity contribution in [3.8, 4) is 11.8 Å². The van der Waals surface area contributed by atoms with Crippen LogP contribution in [0.25, 0.3) is 10.9 Å². The summed E-state index contributed by atoms with van der Waals surface area (Å²) in [6, 6.07) is 2.09. The van der Waals surface area contributed by atoms with Gasteiger partial charge in [-0.25, -0.2) is 17.8 Å². The summed E-state index contributed by atoms with van der Waals surface area (Å²) in [7, 11) is -1.81. The second-order valence-electron chi connectivity index (χ2n) is 10.9. The zero-order valence-electron chi connectivity index (χ0n) is 24.6. The van der Waals surface area contributed by atoms with Gasteiger partial charge in [0.05, 0.1) is 23.7 Å². The lowest BCUT2D eigenvalue weighted by Gasteiger charge is -2.36. The number of methoxy groups -OCH3 is 1. The molecule has 9 heteroatoms. The quantitative estimate of drug-likeness (QED) is 0.305. The van der Waals surface area contributed by atoms with Crippen LogP contribution >= 0.6 is 0 Å². The highest BCUT2D eigenvalue weighted by molar-refractivity contribution is 7.92. The Morgan fingerprint density at radius 1 is 1.35 bits per heavy atom. The summed E-state index contributed by atoms with van der Waals surface area (Å²) in [5.41, 5.74) is 3.73. The van der Waals surface area contributed by atoms with Crippen LogP contribution in [0.5, 0.6) is 0 Å². The lowest BCUT2D eigenvalue weighted by molar-refractivity contribution is -0.0132. The van der Waals surface area contributed by atoms with Gasteiger partial charge in [-0.1, -0.05) is 31.1 Å². The van der Waals surface area contributed by atoms with E-state index in [9.17, 15) is 12.8 Å². The summed E-state index contributed by atoms with van der Waals surface area (Å²) < 4.78 is 44.9. The molecule has 0 radical (unpaired) electrons. The average molecular weight is 569 g/mol. The summed E-state index contributed by atoms with van der Waals surface area (Å²) in [6.07, 6.45) is 9.67. The Labute approximate surface area is 238 Å². The number of aromatic nitrogens is 2. The maximum atomic E-state index is 14.4. The number of hydrogen-bond donors (Lipinski definition) is 1. The summed E-state index contributed by atoms with van der Waals surface area (Å²) in [6.45, 7) is 18.5. The van der Waals surface area contributed by atoms with E-state index in [-0.39, 0.29) is 12.6 Å². The smallest absolute Gasteiger partial charge is 0.163 e. The molecule has 0 aliphatic carbocycles. The minimum atomic E-state index is -3.35. The van der Waals surface area contributed by atoms with E-state index < -0.39 is 26.9 Å². The zero-order chi connectivity index (χ0) is 29.8. The van der Waals surface area contributed by atoms with Gasteiger partial charge < -0.3 is 19.5 Å². The largest absolute Gasteiger partial charge is 0.378 e. The molecule has 1 saturated heterocycles. The monoisotopic (exact) mass is 568 g/mol. The molecular weight excluding hydrogens is 527 g/mol. The number of ether oxygens (including phenoxy) is 1. The highest BCUT2D eigenvalue weighted by atomic mass is 32.2. The van der Waals surface area contributed by atoms with Gasteiger partial charge in [0.1, 0.15) is 16.7 Å². The maximum absolute atomic E-state index is 14.4. The van der Waals surface area contributed by atoms with Gasteiger partial charge in [-0.3, -0.25) is 0 Å². The Balaban J connectivity index is 1.90. The minimum absolute atomic E-state index is 0.145. The predicted octanol–water partition coefficient (Wildman–Crippen LogP) is 5.79. The number of nitrogens with one attached hydrogen (secondary N) is 1. The van der Waals surface area contributed by atoms with Gasteiger partial charge in [0.15, 0.2) is 9.84 Å². The Kier molecular flexibility index (Phi) is 9.70. The molecular formula is C31H41FN4O3S. The van der Waals surface area contributed by atoms with Crippen LogP contribution in [0.2, 0.25) is 0 Å². The molecule has 0 unspecified atom stereocenters. The lowest BCUT2D eigenvalue weighted by atomic mass is 10.0.